The van der Waals surface area contributed by atoms with Gasteiger partial charge in [0, 0.05) is 29.1 Å². The van der Waals surface area contributed by atoms with E-state index in [0.717, 1.165) is 59.2 Å². The number of pyridine rings is 1. The third-order valence-corrected chi connectivity index (χ3v) is 5.77. The van der Waals surface area contributed by atoms with Crippen LogP contribution in [0.1, 0.15) is 41.6 Å². The molecule has 1 fully saturated rings. The number of halogens is 1. The van der Waals surface area contributed by atoms with Gasteiger partial charge in [0.25, 0.3) is 5.91 Å². The van der Waals surface area contributed by atoms with Crippen LogP contribution in [0.15, 0.2) is 48.5 Å². The Morgan fingerprint density at radius 3 is 2.41 bits per heavy atom. The molecular weight excluding hydrogens is 356 g/mol. The van der Waals surface area contributed by atoms with E-state index in [-0.39, 0.29) is 5.91 Å². The zero-order valence-electron chi connectivity index (χ0n) is 15.5. The van der Waals surface area contributed by atoms with Crippen LogP contribution in [0.3, 0.4) is 0 Å². The van der Waals surface area contributed by atoms with Gasteiger partial charge in [-0.25, -0.2) is 4.98 Å². The number of carbonyl (C=O) groups excluding carboxylic acids is 1. The number of rotatable bonds is 2. The Kier molecular flexibility index (Phi) is 5.13. The van der Waals surface area contributed by atoms with E-state index in [1.165, 1.54) is 12.8 Å². The lowest BCUT2D eigenvalue weighted by atomic mass is 10.0. The summed E-state index contributed by atoms with van der Waals surface area (Å²) in [7, 11) is 0. The lowest BCUT2D eigenvalue weighted by Crippen LogP contribution is -2.32. The van der Waals surface area contributed by atoms with Crippen molar-refractivity contribution in [1.29, 1.82) is 0 Å². The molecule has 0 spiro atoms. The van der Waals surface area contributed by atoms with Crippen molar-refractivity contribution in [2.45, 2.75) is 32.6 Å². The molecule has 27 heavy (non-hydrogen) atoms. The van der Waals surface area contributed by atoms with Crippen molar-refractivity contribution in [2.75, 3.05) is 13.1 Å². The minimum atomic E-state index is 0.100. The largest absolute Gasteiger partial charge is 0.339 e. The van der Waals surface area contributed by atoms with Gasteiger partial charge in [-0.15, -0.1) is 0 Å². The molecule has 4 rings (SSSR count). The van der Waals surface area contributed by atoms with Gasteiger partial charge in [0.15, 0.2) is 0 Å². The van der Waals surface area contributed by atoms with Crippen molar-refractivity contribution in [3.8, 4) is 11.3 Å². The molecule has 0 atom stereocenters. The molecule has 1 aliphatic heterocycles. The number of aromatic nitrogens is 1. The van der Waals surface area contributed by atoms with Gasteiger partial charge in [0.05, 0.1) is 16.8 Å². The number of hydrogen-bond donors (Lipinski definition) is 0. The Hall–Kier alpha value is -2.39. The fourth-order valence-electron chi connectivity index (χ4n) is 3.78. The molecule has 2 aromatic carbocycles. The van der Waals surface area contributed by atoms with Crippen LogP contribution in [-0.4, -0.2) is 28.9 Å². The van der Waals surface area contributed by atoms with E-state index in [9.17, 15) is 4.79 Å². The highest BCUT2D eigenvalue weighted by Crippen LogP contribution is 2.31. The van der Waals surface area contributed by atoms with Crippen molar-refractivity contribution < 1.29 is 4.79 Å². The highest BCUT2D eigenvalue weighted by atomic mass is 35.5. The predicted molar refractivity (Wildman–Crippen MR) is 111 cm³/mol. The van der Waals surface area contributed by atoms with Gasteiger partial charge in [-0.2, -0.15) is 0 Å². The van der Waals surface area contributed by atoms with Gasteiger partial charge >= 0.3 is 0 Å². The Morgan fingerprint density at radius 2 is 1.70 bits per heavy atom. The zero-order valence-corrected chi connectivity index (χ0v) is 16.3. The highest BCUT2D eigenvalue weighted by Gasteiger charge is 2.22. The van der Waals surface area contributed by atoms with E-state index in [1.54, 1.807) is 0 Å². The Morgan fingerprint density at radius 1 is 1.00 bits per heavy atom. The molecule has 0 radical (unpaired) electrons. The monoisotopic (exact) mass is 378 g/mol. The normalized spacial score (nSPS) is 15.0. The van der Waals surface area contributed by atoms with Gasteiger partial charge < -0.3 is 4.90 Å². The number of fused-ring (bicyclic) bond motifs is 1. The molecule has 1 amide bonds. The third-order valence-electron chi connectivity index (χ3n) is 5.36. The maximum Gasteiger partial charge on any atom is 0.254 e. The second kappa shape index (κ2) is 7.69. The molecule has 1 aromatic heterocycles. The lowest BCUT2D eigenvalue weighted by Gasteiger charge is -2.22. The van der Waals surface area contributed by atoms with E-state index < -0.39 is 0 Å². The molecular formula is C23H23ClN2O. The minimum absolute atomic E-state index is 0.100. The molecule has 0 unspecified atom stereocenters. The van der Waals surface area contributed by atoms with Crippen LogP contribution in [0.2, 0.25) is 5.02 Å². The summed E-state index contributed by atoms with van der Waals surface area (Å²) in [6.45, 7) is 3.62. The number of hydrogen-bond acceptors (Lipinski definition) is 2. The van der Waals surface area contributed by atoms with Crippen molar-refractivity contribution in [3.05, 3.63) is 64.7 Å². The smallest absolute Gasteiger partial charge is 0.254 e. The van der Waals surface area contributed by atoms with Crippen LogP contribution >= 0.6 is 11.6 Å². The van der Waals surface area contributed by atoms with Crippen molar-refractivity contribution >= 4 is 28.4 Å². The summed E-state index contributed by atoms with van der Waals surface area (Å²) in [6.07, 6.45) is 4.55. The maximum atomic E-state index is 13.4. The molecule has 0 bridgehead atoms. The number of benzene rings is 2. The van der Waals surface area contributed by atoms with Crippen LogP contribution in [0.25, 0.3) is 22.2 Å². The molecule has 0 saturated carbocycles. The molecule has 1 saturated heterocycles. The fourth-order valence-corrected chi connectivity index (χ4v) is 3.93. The maximum absolute atomic E-state index is 13.4. The summed E-state index contributed by atoms with van der Waals surface area (Å²) in [4.78, 5) is 20.3. The fraction of sp³-hybridized carbons (Fsp3) is 0.304. The first-order chi connectivity index (χ1) is 13.1. The average molecular weight is 379 g/mol. The van der Waals surface area contributed by atoms with Crippen LogP contribution in [-0.2, 0) is 0 Å². The van der Waals surface area contributed by atoms with Gasteiger partial charge in [0.2, 0.25) is 0 Å². The number of aryl methyl sites for hydroxylation is 1. The molecule has 138 valence electrons. The first-order valence-electron chi connectivity index (χ1n) is 9.60. The van der Waals surface area contributed by atoms with Gasteiger partial charge in [-0.3, -0.25) is 4.79 Å². The molecule has 0 aliphatic carbocycles. The van der Waals surface area contributed by atoms with E-state index in [1.807, 2.05) is 60.4 Å². The van der Waals surface area contributed by atoms with Crippen molar-refractivity contribution in [2.24, 2.45) is 0 Å². The van der Waals surface area contributed by atoms with Crippen molar-refractivity contribution in [3.63, 3.8) is 0 Å². The number of likely N-dealkylation sites (tertiary alicyclic amines) is 1. The first-order valence-corrected chi connectivity index (χ1v) is 9.97. The molecule has 3 nitrogen and oxygen atoms in total. The second-order valence-corrected chi connectivity index (χ2v) is 7.60. The Labute approximate surface area is 165 Å². The summed E-state index contributed by atoms with van der Waals surface area (Å²) < 4.78 is 0. The SMILES string of the molecule is Cc1c(Cl)ccc2c(C(=O)N3CCCCCC3)cc(-c3ccccc3)nc12. The van der Waals surface area contributed by atoms with Gasteiger partial charge in [0.1, 0.15) is 0 Å². The molecule has 2 heterocycles. The Balaban J connectivity index is 1.89. The first kappa shape index (κ1) is 18.0. The molecule has 3 aromatic rings. The predicted octanol–water partition coefficient (Wildman–Crippen LogP) is 5.88. The average Bonchev–Trinajstić information content (AvgIpc) is 3.00. The molecule has 4 heteroatoms. The van der Waals surface area contributed by atoms with E-state index >= 15 is 0 Å². The van der Waals surface area contributed by atoms with Crippen LogP contribution < -0.4 is 0 Å². The lowest BCUT2D eigenvalue weighted by molar-refractivity contribution is 0.0763. The summed E-state index contributed by atoms with van der Waals surface area (Å²) >= 11 is 6.35. The second-order valence-electron chi connectivity index (χ2n) is 7.20. The standard InChI is InChI=1S/C23H23ClN2O/c1-16-20(24)12-11-18-19(23(27)26-13-7-2-3-8-14-26)15-21(25-22(16)18)17-9-5-4-6-10-17/h4-6,9-12,15H,2-3,7-8,13-14H2,1H3. The number of carbonyl (C=O) groups is 1. The quantitative estimate of drug-likeness (QED) is 0.557. The number of nitrogens with zero attached hydrogens (tertiary/aromatic N) is 2. The minimum Gasteiger partial charge on any atom is -0.339 e. The van der Waals surface area contributed by atoms with Gasteiger partial charge in [-0.05, 0) is 37.5 Å². The molecule has 1 aliphatic rings. The number of amides is 1. The van der Waals surface area contributed by atoms with Gasteiger partial charge in [-0.1, -0.05) is 60.8 Å². The topological polar surface area (TPSA) is 33.2 Å². The van der Waals surface area contributed by atoms with E-state index in [4.69, 9.17) is 16.6 Å². The summed E-state index contributed by atoms with van der Waals surface area (Å²) in [5, 5.41) is 1.55. The summed E-state index contributed by atoms with van der Waals surface area (Å²) in [5.41, 5.74) is 4.26. The van der Waals surface area contributed by atoms with E-state index in [2.05, 4.69) is 0 Å². The zero-order chi connectivity index (χ0) is 18.8. The third kappa shape index (κ3) is 3.57. The van der Waals surface area contributed by atoms with Crippen LogP contribution in [0, 0.1) is 6.92 Å². The molecule has 0 N–H and O–H groups in total. The highest BCUT2D eigenvalue weighted by molar-refractivity contribution is 6.32. The summed E-state index contributed by atoms with van der Waals surface area (Å²) in [6, 6.07) is 15.7. The van der Waals surface area contributed by atoms with Crippen molar-refractivity contribution in [1.82, 2.24) is 9.88 Å². The Bertz CT molecular complexity index is 977. The summed E-state index contributed by atoms with van der Waals surface area (Å²) in [5.74, 6) is 0.100. The van der Waals surface area contributed by atoms with E-state index in [0.29, 0.717) is 5.02 Å². The van der Waals surface area contributed by atoms with Crippen LogP contribution in [0.5, 0.6) is 0 Å². The van der Waals surface area contributed by atoms with Crippen LogP contribution in [0.4, 0.5) is 0 Å².